The maximum absolute atomic E-state index is 13.1. The second kappa shape index (κ2) is 10.1. The van der Waals surface area contributed by atoms with Crippen molar-refractivity contribution >= 4 is 61.7 Å². The number of amides is 1. The van der Waals surface area contributed by atoms with Gasteiger partial charge in [0.25, 0.3) is 15.9 Å². The van der Waals surface area contributed by atoms with Crippen LogP contribution in [0.25, 0.3) is 0 Å². The molecule has 1 N–H and O–H groups in total. The minimum atomic E-state index is -3.70. The highest BCUT2D eigenvalue weighted by Gasteiger charge is 2.23. The summed E-state index contributed by atoms with van der Waals surface area (Å²) >= 11 is 3.79. The fourth-order valence-corrected chi connectivity index (χ4v) is 5.64. The number of carbonyl (C=O) groups is 1. The van der Waals surface area contributed by atoms with E-state index >= 15 is 0 Å². The maximum atomic E-state index is 13.1. The van der Waals surface area contributed by atoms with Gasteiger partial charge in [-0.2, -0.15) is 0 Å². The first-order chi connectivity index (χ1) is 14.8. The van der Waals surface area contributed by atoms with Gasteiger partial charge in [0.2, 0.25) is 0 Å². The number of aryl methyl sites for hydroxylation is 1. The predicted octanol–water partition coefficient (Wildman–Crippen LogP) is 5.79. The number of hydrogen-bond donors (Lipinski definition) is 1. The Kier molecular flexibility index (Phi) is 7.66. The van der Waals surface area contributed by atoms with Gasteiger partial charge in [-0.15, -0.1) is 11.8 Å². The zero-order valence-corrected chi connectivity index (χ0v) is 21.2. The van der Waals surface area contributed by atoms with Crippen LogP contribution in [0.3, 0.4) is 0 Å². The largest absolute Gasteiger partial charge is 0.322 e. The third kappa shape index (κ3) is 5.42. The van der Waals surface area contributed by atoms with Crippen molar-refractivity contribution in [3.8, 4) is 0 Å². The third-order valence-corrected chi connectivity index (χ3v) is 8.12. The highest BCUT2D eigenvalue weighted by Crippen LogP contribution is 2.26. The molecule has 3 rings (SSSR count). The second-order valence-corrected chi connectivity index (χ2v) is 10.8. The molecule has 3 aromatic carbocycles. The molecule has 5 nitrogen and oxygen atoms in total. The van der Waals surface area contributed by atoms with Crippen LogP contribution in [0.2, 0.25) is 0 Å². The van der Waals surface area contributed by atoms with Gasteiger partial charge < -0.3 is 5.32 Å². The fourth-order valence-electron chi connectivity index (χ4n) is 3.11. The van der Waals surface area contributed by atoms with Crippen molar-refractivity contribution in [2.45, 2.75) is 23.6 Å². The normalized spacial score (nSPS) is 11.2. The number of halogens is 1. The smallest absolute Gasteiger partial charge is 0.264 e. The summed E-state index contributed by atoms with van der Waals surface area (Å²) in [4.78, 5) is 13.9. The number of anilines is 2. The zero-order valence-electron chi connectivity index (χ0n) is 17.4. The number of sulfonamides is 1. The first kappa shape index (κ1) is 23.6. The molecule has 0 fully saturated rings. The summed E-state index contributed by atoms with van der Waals surface area (Å²) in [5.41, 5.74) is 2.70. The lowest BCUT2D eigenvalue weighted by Crippen LogP contribution is -2.30. The van der Waals surface area contributed by atoms with Gasteiger partial charge in [0, 0.05) is 26.3 Å². The van der Waals surface area contributed by atoms with Gasteiger partial charge >= 0.3 is 0 Å². The molecule has 0 atom stereocenters. The van der Waals surface area contributed by atoms with Gasteiger partial charge in [0.05, 0.1) is 10.6 Å². The van der Waals surface area contributed by atoms with Crippen molar-refractivity contribution < 1.29 is 13.2 Å². The van der Waals surface area contributed by atoms with E-state index in [0.29, 0.717) is 11.3 Å². The van der Waals surface area contributed by atoms with Gasteiger partial charge in [0.15, 0.2) is 0 Å². The molecule has 8 heteroatoms. The molecule has 0 aliphatic carbocycles. The van der Waals surface area contributed by atoms with E-state index < -0.39 is 10.0 Å². The van der Waals surface area contributed by atoms with Crippen LogP contribution in [-0.2, 0) is 10.0 Å². The molecule has 3 aromatic rings. The van der Waals surface area contributed by atoms with Crippen LogP contribution in [0.4, 0.5) is 11.4 Å². The molecule has 0 saturated carbocycles. The third-order valence-electron chi connectivity index (χ3n) is 4.79. The summed E-state index contributed by atoms with van der Waals surface area (Å²) in [7, 11) is -3.70. The van der Waals surface area contributed by atoms with Crippen molar-refractivity contribution in [1.29, 1.82) is 0 Å². The molecule has 162 valence electrons. The van der Waals surface area contributed by atoms with Crippen molar-refractivity contribution in [3.63, 3.8) is 0 Å². The Bertz CT molecular complexity index is 1180. The quantitative estimate of drug-likeness (QED) is 0.291. The number of carbonyl (C=O) groups excluding carboxylic acids is 1. The van der Waals surface area contributed by atoms with E-state index in [1.165, 1.54) is 4.31 Å². The van der Waals surface area contributed by atoms with Crippen LogP contribution in [0, 0.1) is 10.5 Å². The fraction of sp³-hybridized carbons (Fsp3) is 0.174. The Hall–Kier alpha value is -2.04. The van der Waals surface area contributed by atoms with Crippen molar-refractivity contribution in [3.05, 3.63) is 81.4 Å². The van der Waals surface area contributed by atoms with Gasteiger partial charge in [-0.25, -0.2) is 8.42 Å². The number of hydrogen-bond acceptors (Lipinski definition) is 4. The summed E-state index contributed by atoms with van der Waals surface area (Å²) in [6.45, 7) is 4.00. The molecule has 0 aromatic heterocycles. The SMILES string of the molecule is CCN(c1ccc(C(=O)Nc2ccc(I)cc2C)cc1)S(=O)(=O)c1ccc(SC)cc1. The van der Waals surface area contributed by atoms with Crippen molar-refractivity contribution in [2.75, 3.05) is 22.4 Å². The van der Waals surface area contributed by atoms with Crippen molar-refractivity contribution in [1.82, 2.24) is 0 Å². The molecular formula is C23H23IN2O3S2. The van der Waals surface area contributed by atoms with Gasteiger partial charge in [-0.1, -0.05) is 0 Å². The van der Waals surface area contributed by atoms with Crippen LogP contribution < -0.4 is 9.62 Å². The number of benzene rings is 3. The van der Waals surface area contributed by atoms with Gasteiger partial charge in [-0.05, 0) is 115 Å². The molecule has 0 aliphatic heterocycles. The summed E-state index contributed by atoms with van der Waals surface area (Å²) in [6, 6.07) is 19.2. The van der Waals surface area contributed by atoms with Gasteiger partial charge in [-0.3, -0.25) is 9.10 Å². The first-order valence-electron chi connectivity index (χ1n) is 9.60. The Morgan fingerprint density at radius 1 is 1.03 bits per heavy atom. The highest BCUT2D eigenvalue weighted by atomic mass is 127. The van der Waals surface area contributed by atoms with E-state index in [2.05, 4.69) is 27.9 Å². The van der Waals surface area contributed by atoms with E-state index in [1.807, 2.05) is 31.4 Å². The number of nitrogens with zero attached hydrogens (tertiary/aromatic N) is 1. The van der Waals surface area contributed by atoms with Crippen LogP contribution in [0.5, 0.6) is 0 Å². The molecule has 0 spiro atoms. The molecular weight excluding hydrogens is 543 g/mol. The zero-order chi connectivity index (χ0) is 22.6. The maximum Gasteiger partial charge on any atom is 0.264 e. The molecule has 1 amide bonds. The lowest BCUT2D eigenvalue weighted by molar-refractivity contribution is 0.102. The summed E-state index contributed by atoms with van der Waals surface area (Å²) in [5.74, 6) is -0.241. The summed E-state index contributed by atoms with van der Waals surface area (Å²) in [5, 5.41) is 2.91. The minimum Gasteiger partial charge on any atom is -0.322 e. The average Bonchev–Trinajstić information content (AvgIpc) is 2.76. The Labute approximate surface area is 201 Å². The Morgan fingerprint density at radius 3 is 2.23 bits per heavy atom. The first-order valence-corrected chi connectivity index (χ1v) is 13.3. The molecule has 0 radical (unpaired) electrons. The van der Waals surface area contributed by atoms with Crippen molar-refractivity contribution in [2.24, 2.45) is 0 Å². The Balaban J connectivity index is 1.81. The predicted molar refractivity (Wildman–Crippen MR) is 137 cm³/mol. The standard InChI is InChI=1S/C23H23IN2O3S2/c1-4-26(31(28,29)21-12-10-20(30-3)11-13-21)19-8-5-17(6-9-19)23(27)25-22-14-7-18(24)15-16(22)2/h5-15H,4H2,1-3H3,(H,25,27). The van der Waals surface area contributed by atoms with Crippen LogP contribution in [0.1, 0.15) is 22.8 Å². The van der Waals surface area contributed by atoms with Crippen LogP contribution in [-0.4, -0.2) is 27.1 Å². The molecule has 0 bridgehead atoms. The highest BCUT2D eigenvalue weighted by molar-refractivity contribution is 14.1. The number of thioether (sulfide) groups is 1. The lowest BCUT2D eigenvalue weighted by atomic mass is 10.1. The minimum absolute atomic E-state index is 0.239. The molecule has 0 aliphatic rings. The van der Waals surface area contributed by atoms with E-state index in [9.17, 15) is 13.2 Å². The monoisotopic (exact) mass is 566 g/mol. The van der Waals surface area contributed by atoms with Crippen LogP contribution in [0.15, 0.2) is 76.5 Å². The number of nitrogens with one attached hydrogen (secondary N) is 1. The van der Waals surface area contributed by atoms with Crippen LogP contribution >= 0.6 is 34.4 Å². The van der Waals surface area contributed by atoms with E-state index in [1.54, 1.807) is 67.2 Å². The molecule has 0 unspecified atom stereocenters. The molecule has 0 saturated heterocycles. The van der Waals surface area contributed by atoms with E-state index in [4.69, 9.17) is 0 Å². The average molecular weight is 566 g/mol. The molecule has 0 heterocycles. The summed E-state index contributed by atoms with van der Waals surface area (Å²) in [6.07, 6.45) is 1.94. The topological polar surface area (TPSA) is 66.5 Å². The number of rotatable bonds is 7. The van der Waals surface area contributed by atoms with E-state index in [-0.39, 0.29) is 17.3 Å². The Morgan fingerprint density at radius 2 is 1.68 bits per heavy atom. The second-order valence-electron chi connectivity index (χ2n) is 6.81. The summed E-state index contributed by atoms with van der Waals surface area (Å²) < 4.78 is 28.7. The lowest BCUT2D eigenvalue weighted by Gasteiger charge is -2.23. The molecule has 31 heavy (non-hydrogen) atoms. The van der Waals surface area contributed by atoms with Gasteiger partial charge in [0.1, 0.15) is 0 Å². The van der Waals surface area contributed by atoms with E-state index in [0.717, 1.165) is 19.7 Å².